The lowest BCUT2D eigenvalue weighted by Crippen LogP contribution is -2.56. The highest BCUT2D eigenvalue weighted by molar-refractivity contribution is 5.73. The zero-order valence-electron chi connectivity index (χ0n) is 16.1. The van der Waals surface area contributed by atoms with Crippen LogP contribution >= 0.6 is 0 Å². The molecule has 1 aromatic heterocycles. The number of halogens is 4. The van der Waals surface area contributed by atoms with E-state index >= 15 is 0 Å². The van der Waals surface area contributed by atoms with E-state index in [0.29, 0.717) is 19.6 Å². The molecule has 2 heterocycles. The van der Waals surface area contributed by atoms with Gasteiger partial charge in [-0.25, -0.2) is 14.2 Å². The smallest absolute Gasteiger partial charge is 0.475 e. The Morgan fingerprint density at radius 3 is 2.26 bits per heavy atom. The molecule has 1 aliphatic heterocycles. The number of hydrogen-bond donors (Lipinski definition) is 3. The molecule has 0 atom stereocenters. The van der Waals surface area contributed by atoms with Crippen molar-refractivity contribution in [2.45, 2.75) is 18.3 Å². The second-order valence-electron chi connectivity index (χ2n) is 7.10. The van der Waals surface area contributed by atoms with Crippen LogP contribution in [0.3, 0.4) is 0 Å². The summed E-state index contributed by atoms with van der Waals surface area (Å²) in [6.07, 6.45) is 0.193. The largest absolute Gasteiger partial charge is 0.490 e. The minimum absolute atomic E-state index is 0.256. The van der Waals surface area contributed by atoms with E-state index in [1.54, 1.807) is 18.6 Å². The molecule has 1 aliphatic rings. The lowest BCUT2D eigenvalue weighted by Gasteiger charge is -2.38. The molecule has 1 saturated heterocycles. The number of aromatic nitrogens is 2. The molecule has 0 unspecified atom stereocenters. The SMILES string of the molecule is O=C(O)C(F)(F)F.OC1(c2ccc(-c3cc(F)cc(Cn4ccnc4)c3)cc2)CNC1. The Morgan fingerprint density at radius 2 is 1.77 bits per heavy atom. The van der Waals surface area contributed by atoms with Crippen LogP contribution in [0.2, 0.25) is 0 Å². The van der Waals surface area contributed by atoms with Crippen LogP contribution in [0.4, 0.5) is 17.6 Å². The highest BCUT2D eigenvalue weighted by atomic mass is 19.4. The van der Waals surface area contributed by atoms with Gasteiger partial charge in [-0.05, 0) is 40.5 Å². The lowest BCUT2D eigenvalue weighted by molar-refractivity contribution is -0.192. The minimum atomic E-state index is -5.08. The third-order valence-electron chi connectivity index (χ3n) is 4.71. The molecule has 2 aromatic carbocycles. The summed E-state index contributed by atoms with van der Waals surface area (Å²) >= 11 is 0. The molecule has 6 nitrogen and oxygen atoms in total. The van der Waals surface area contributed by atoms with E-state index in [-0.39, 0.29) is 5.82 Å². The van der Waals surface area contributed by atoms with Crippen molar-refractivity contribution in [3.8, 4) is 11.1 Å². The van der Waals surface area contributed by atoms with Crippen molar-refractivity contribution in [3.05, 3.63) is 78.1 Å². The number of alkyl halides is 3. The monoisotopic (exact) mass is 437 g/mol. The van der Waals surface area contributed by atoms with Gasteiger partial charge in [0.05, 0.1) is 6.33 Å². The Kier molecular flexibility index (Phi) is 6.42. The van der Waals surface area contributed by atoms with Crippen molar-refractivity contribution < 1.29 is 32.6 Å². The number of benzene rings is 2. The van der Waals surface area contributed by atoms with Gasteiger partial charge in [-0.3, -0.25) is 0 Å². The van der Waals surface area contributed by atoms with Gasteiger partial charge in [0.15, 0.2) is 0 Å². The topological polar surface area (TPSA) is 87.4 Å². The van der Waals surface area contributed by atoms with Crippen LogP contribution in [0.25, 0.3) is 11.1 Å². The molecule has 0 amide bonds. The number of carboxylic acids is 1. The quantitative estimate of drug-likeness (QED) is 0.546. The zero-order chi connectivity index (χ0) is 22.6. The Morgan fingerprint density at radius 1 is 1.13 bits per heavy atom. The first-order valence-corrected chi connectivity index (χ1v) is 9.16. The van der Waals surface area contributed by atoms with Gasteiger partial charge < -0.3 is 20.1 Å². The van der Waals surface area contributed by atoms with E-state index in [4.69, 9.17) is 9.90 Å². The van der Waals surface area contributed by atoms with Crippen molar-refractivity contribution in [1.82, 2.24) is 14.9 Å². The van der Waals surface area contributed by atoms with E-state index in [0.717, 1.165) is 22.3 Å². The molecule has 3 N–H and O–H groups in total. The fourth-order valence-electron chi connectivity index (χ4n) is 3.04. The number of nitrogens with zero attached hydrogens (tertiary/aromatic N) is 2. The third kappa shape index (κ3) is 5.68. The Hall–Kier alpha value is -3.24. The first-order valence-electron chi connectivity index (χ1n) is 9.16. The maximum Gasteiger partial charge on any atom is 0.490 e. The third-order valence-corrected chi connectivity index (χ3v) is 4.71. The van der Waals surface area contributed by atoms with Crippen LogP contribution < -0.4 is 5.32 Å². The van der Waals surface area contributed by atoms with Crippen molar-refractivity contribution in [2.24, 2.45) is 0 Å². The van der Waals surface area contributed by atoms with E-state index in [2.05, 4.69) is 10.3 Å². The maximum atomic E-state index is 14.0. The van der Waals surface area contributed by atoms with E-state index in [1.165, 1.54) is 6.07 Å². The number of imidazole rings is 1. The Labute approximate surface area is 174 Å². The van der Waals surface area contributed by atoms with Crippen molar-refractivity contribution in [3.63, 3.8) is 0 Å². The van der Waals surface area contributed by atoms with Gasteiger partial charge in [0.25, 0.3) is 0 Å². The van der Waals surface area contributed by atoms with Crippen molar-refractivity contribution in [2.75, 3.05) is 13.1 Å². The van der Waals surface area contributed by atoms with Gasteiger partial charge in [0, 0.05) is 32.0 Å². The molecule has 3 aromatic rings. The summed E-state index contributed by atoms with van der Waals surface area (Å²) in [6.45, 7) is 1.72. The second-order valence-corrected chi connectivity index (χ2v) is 7.10. The first kappa shape index (κ1) is 22.4. The summed E-state index contributed by atoms with van der Waals surface area (Å²) in [5, 5.41) is 20.5. The Bertz CT molecular complexity index is 1030. The van der Waals surface area contributed by atoms with Crippen molar-refractivity contribution >= 4 is 5.97 Å². The maximum absolute atomic E-state index is 14.0. The van der Waals surface area contributed by atoms with Crippen LogP contribution in [0, 0.1) is 5.82 Å². The van der Waals surface area contributed by atoms with Gasteiger partial charge >= 0.3 is 12.1 Å². The van der Waals surface area contributed by atoms with E-state index in [1.807, 2.05) is 41.1 Å². The molecule has 164 valence electrons. The summed E-state index contributed by atoms with van der Waals surface area (Å²) in [7, 11) is 0. The van der Waals surface area contributed by atoms with Crippen molar-refractivity contribution in [1.29, 1.82) is 0 Å². The molecule has 0 spiro atoms. The van der Waals surface area contributed by atoms with Gasteiger partial charge in [-0.2, -0.15) is 13.2 Å². The number of aliphatic hydroxyl groups is 1. The van der Waals surface area contributed by atoms with Crippen LogP contribution in [0.1, 0.15) is 11.1 Å². The fraction of sp³-hybridized carbons (Fsp3) is 0.238. The highest BCUT2D eigenvalue weighted by Gasteiger charge is 2.38. The number of hydrogen-bond acceptors (Lipinski definition) is 4. The molecule has 10 heteroatoms. The van der Waals surface area contributed by atoms with E-state index in [9.17, 15) is 22.7 Å². The molecule has 31 heavy (non-hydrogen) atoms. The molecule has 1 fully saturated rings. The lowest BCUT2D eigenvalue weighted by atomic mass is 9.87. The summed E-state index contributed by atoms with van der Waals surface area (Å²) < 4.78 is 47.6. The van der Waals surface area contributed by atoms with Crippen LogP contribution in [-0.2, 0) is 16.9 Å². The molecular formula is C21H19F4N3O3. The average molecular weight is 437 g/mol. The average Bonchev–Trinajstić information content (AvgIpc) is 3.18. The van der Waals surface area contributed by atoms with Gasteiger partial charge in [-0.15, -0.1) is 0 Å². The van der Waals surface area contributed by atoms with Gasteiger partial charge in [-0.1, -0.05) is 24.3 Å². The predicted octanol–water partition coefficient (Wildman–Crippen LogP) is 3.16. The normalized spacial score (nSPS) is 14.9. The number of aliphatic carboxylic acids is 1. The molecule has 0 saturated carbocycles. The number of nitrogens with one attached hydrogen (secondary N) is 1. The summed E-state index contributed by atoms with van der Waals surface area (Å²) in [5.41, 5.74) is 2.76. The molecular weight excluding hydrogens is 418 g/mol. The van der Waals surface area contributed by atoms with Crippen LogP contribution in [0.15, 0.2) is 61.2 Å². The predicted molar refractivity (Wildman–Crippen MR) is 104 cm³/mol. The molecule has 0 bridgehead atoms. The summed E-state index contributed by atoms with van der Waals surface area (Å²) in [4.78, 5) is 12.9. The zero-order valence-corrected chi connectivity index (χ0v) is 16.1. The second kappa shape index (κ2) is 8.86. The van der Waals surface area contributed by atoms with Gasteiger partial charge in [0.1, 0.15) is 11.4 Å². The van der Waals surface area contributed by atoms with Crippen LogP contribution in [0.5, 0.6) is 0 Å². The summed E-state index contributed by atoms with van der Waals surface area (Å²) in [5.74, 6) is -3.01. The number of carbonyl (C=O) groups is 1. The van der Waals surface area contributed by atoms with Crippen LogP contribution in [-0.4, -0.2) is 45.0 Å². The number of rotatable bonds is 4. The molecule has 0 radical (unpaired) electrons. The van der Waals surface area contributed by atoms with Gasteiger partial charge in [0.2, 0.25) is 0 Å². The first-order chi connectivity index (χ1) is 14.6. The fourth-order valence-corrected chi connectivity index (χ4v) is 3.04. The highest BCUT2D eigenvalue weighted by Crippen LogP contribution is 2.29. The Balaban J connectivity index is 0.000000339. The minimum Gasteiger partial charge on any atom is -0.475 e. The summed E-state index contributed by atoms with van der Waals surface area (Å²) in [6, 6.07) is 12.8. The molecule has 0 aliphatic carbocycles. The standard InChI is InChI=1S/C19H18FN3O.C2HF3O2/c20-18-8-14(10-23-6-5-21-13-23)7-16(9-18)15-1-3-17(4-2-15)19(24)11-22-12-19;3-2(4,5)1(6)7/h1-9,13,22,24H,10-12H2;(H,6,7). The number of carboxylic acid groups (broad SMARTS) is 1. The number of β-amino-alcohol motifs (C(OH)–C–C–N with tert-alkyl or cyclic N) is 1. The molecule has 4 rings (SSSR count). The van der Waals surface area contributed by atoms with E-state index < -0.39 is 17.7 Å².